The van der Waals surface area contributed by atoms with Gasteiger partial charge in [-0.15, -0.1) is 0 Å². The van der Waals surface area contributed by atoms with Gasteiger partial charge in [-0.3, -0.25) is 9.67 Å². The summed E-state index contributed by atoms with van der Waals surface area (Å²) in [6.07, 6.45) is 0.681. The summed E-state index contributed by atoms with van der Waals surface area (Å²) in [5, 5.41) is 4.41. The lowest BCUT2D eigenvalue weighted by Crippen LogP contribution is -2.09. The summed E-state index contributed by atoms with van der Waals surface area (Å²) in [4.78, 5) is 16.6. The molecule has 0 aromatic carbocycles. The Bertz CT molecular complexity index is 674. The van der Waals surface area contributed by atoms with Crippen molar-refractivity contribution < 1.29 is 9.53 Å². The lowest BCUT2D eigenvalue weighted by atomic mass is 10.1. The zero-order valence-corrected chi connectivity index (χ0v) is 13.2. The summed E-state index contributed by atoms with van der Waals surface area (Å²) in [5.74, 6) is -0.312. The number of ether oxygens (including phenoxy) is 1. The van der Waals surface area contributed by atoms with E-state index >= 15 is 0 Å². The number of aryl methyl sites for hydroxylation is 3. The number of carbonyl (C=O) groups is 1. The van der Waals surface area contributed by atoms with Crippen molar-refractivity contribution in [2.24, 2.45) is 7.05 Å². The first-order valence-electron chi connectivity index (χ1n) is 7.17. The molecule has 0 bridgehead atoms. The predicted octanol–water partition coefficient (Wildman–Crippen LogP) is 2.84. The molecule has 0 unspecified atom stereocenters. The fraction of sp³-hybridized carbons (Fsp3) is 0.438. The van der Waals surface area contributed by atoms with Gasteiger partial charge in [0.25, 0.3) is 0 Å². The van der Waals surface area contributed by atoms with Crippen molar-refractivity contribution in [1.29, 1.82) is 0 Å². The molecule has 2 aromatic rings. The fourth-order valence-electron chi connectivity index (χ4n) is 2.45. The maximum Gasteiger partial charge on any atom is 0.339 e. The molecule has 0 saturated heterocycles. The van der Waals surface area contributed by atoms with Crippen molar-refractivity contribution in [3.05, 3.63) is 34.8 Å². The number of aromatic nitrogens is 3. The van der Waals surface area contributed by atoms with E-state index in [1.807, 2.05) is 38.6 Å². The van der Waals surface area contributed by atoms with Crippen LogP contribution in [-0.4, -0.2) is 27.3 Å². The highest BCUT2D eigenvalue weighted by Gasteiger charge is 2.17. The molecule has 0 aliphatic heterocycles. The first-order chi connectivity index (χ1) is 9.99. The normalized spacial score (nSPS) is 10.7. The predicted molar refractivity (Wildman–Crippen MR) is 81.2 cm³/mol. The number of hydrogen-bond donors (Lipinski definition) is 0. The minimum Gasteiger partial charge on any atom is -0.462 e. The van der Waals surface area contributed by atoms with Crippen molar-refractivity contribution >= 4 is 5.97 Å². The van der Waals surface area contributed by atoms with E-state index in [1.165, 1.54) is 0 Å². The van der Waals surface area contributed by atoms with Crippen LogP contribution in [0.5, 0.6) is 0 Å². The third-order valence-corrected chi connectivity index (χ3v) is 3.57. The Hall–Kier alpha value is -2.17. The van der Waals surface area contributed by atoms with Crippen LogP contribution in [0.3, 0.4) is 0 Å². The largest absolute Gasteiger partial charge is 0.462 e. The van der Waals surface area contributed by atoms with Crippen molar-refractivity contribution in [3.63, 3.8) is 0 Å². The van der Waals surface area contributed by atoms with Crippen LogP contribution in [-0.2, 0) is 18.2 Å². The van der Waals surface area contributed by atoms with Gasteiger partial charge in [0.15, 0.2) is 0 Å². The van der Waals surface area contributed by atoms with Crippen LogP contribution in [0.2, 0.25) is 0 Å². The molecular weight excluding hydrogens is 266 g/mol. The Balaban J connectivity index is 2.51. The molecule has 0 N–H and O–H groups in total. The number of rotatable bonds is 4. The van der Waals surface area contributed by atoms with Gasteiger partial charge < -0.3 is 4.74 Å². The molecule has 0 atom stereocenters. The van der Waals surface area contributed by atoms with Gasteiger partial charge in [-0.05, 0) is 39.3 Å². The van der Waals surface area contributed by atoms with E-state index < -0.39 is 0 Å². The molecule has 5 nitrogen and oxygen atoms in total. The smallest absolute Gasteiger partial charge is 0.339 e. The summed E-state index contributed by atoms with van der Waals surface area (Å²) in [5.41, 5.74) is 5.18. The highest BCUT2D eigenvalue weighted by molar-refractivity contribution is 5.91. The van der Waals surface area contributed by atoms with E-state index in [1.54, 1.807) is 13.0 Å². The molecule has 0 amide bonds. The molecule has 0 fully saturated rings. The van der Waals surface area contributed by atoms with Crippen LogP contribution in [0.4, 0.5) is 0 Å². The molecule has 0 aliphatic carbocycles. The molecule has 0 aliphatic rings. The molecule has 0 saturated carbocycles. The lowest BCUT2D eigenvalue weighted by Gasteiger charge is -2.09. The van der Waals surface area contributed by atoms with Crippen LogP contribution in [0.1, 0.15) is 41.3 Å². The quantitative estimate of drug-likeness (QED) is 0.811. The minimum atomic E-state index is -0.312. The maximum atomic E-state index is 11.9. The van der Waals surface area contributed by atoms with Crippen LogP contribution in [0, 0.1) is 13.8 Å². The zero-order chi connectivity index (χ0) is 15.6. The van der Waals surface area contributed by atoms with Crippen LogP contribution in [0.15, 0.2) is 12.1 Å². The second-order valence-corrected chi connectivity index (χ2v) is 4.93. The monoisotopic (exact) mass is 287 g/mol. The zero-order valence-electron chi connectivity index (χ0n) is 13.2. The van der Waals surface area contributed by atoms with Gasteiger partial charge in [0.2, 0.25) is 0 Å². The van der Waals surface area contributed by atoms with Gasteiger partial charge in [0, 0.05) is 18.3 Å². The van der Waals surface area contributed by atoms with Crippen LogP contribution in [0.25, 0.3) is 11.3 Å². The second-order valence-electron chi connectivity index (χ2n) is 4.93. The second kappa shape index (κ2) is 6.08. The molecule has 2 rings (SSSR count). The average Bonchev–Trinajstić information content (AvgIpc) is 2.71. The fourth-order valence-corrected chi connectivity index (χ4v) is 2.45. The van der Waals surface area contributed by atoms with E-state index in [0.29, 0.717) is 18.6 Å². The van der Waals surface area contributed by atoms with E-state index in [4.69, 9.17) is 4.74 Å². The summed E-state index contributed by atoms with van der Waals surface area (Å²) in [6, 6.07) is 3.66. The summed E-state index contributed by atoms with van der Waals surface area (Å²) in [6.45, 7) is 8.13. The first-order valence-corrected chi connectivity index (χ1v) is 7.17. The van der Waals surface area contributed by atoms with Gasteiger partial charge in [0.05, 0.1) is 29.3 Å². The van der Waals surface area contributed by atoms with Gasteiger partial charge in [-0.2, -0.15) is 5.10 Å². The first kappa shape index (κ1) is 15.2. The molecule has 112 valence electrons. The van der Waals surface area contributed by atoms with E-state index in [-0.39, 0.29) is 5.97 Å². The molecule has 21 heavy (non-hydrogen) atoms. The standard InChI is InChI=1S/C16H21N3O2/c1-6-13-12(16(20)21-7-2)8-9-14(17-13)15-10(3)18-19(5)11(15)4/h8-9H,6-7H2,1-5H3. The third-order valence-electron chi connectivity index (χ3n) is 3.57. The summed E-state index contributed by atoms with van der Waals surface area (Å²) >= 11 is 0. The van der Waals surface area contributed by atoms with Crippen LogP contribution < -0.4 is 0 Å². The number of esters is 1. The molecule has 0 spiro atoms. The Morgan fingerprint density at radius 3 is 2.52 bits per heavy atom. The van der Waals surface area contributed by atoms with E-state index in [9.17, 15) is 4.79 Å². The highest BCUT2D eigenvalue weighted by Crippen LogP contribution is 2.26. The minimum absolute atomic E-state index is 0.312. The van der Waals surface area contributed by atoms with Crippen molar-refractivity contribution in [2.45, 2.75) is 34.1 Å². The van der Waals surface area contributed by atoms with Crippen LogP contribution >= 0.6 is 0 Å². The van der Waals surface area contributed by atoms with Crippen molar-refractivity contribution in [1.82, 2.24) is 14.8 Å². The lowest BCUT2D eigenvalue weighted by molar-refractivity contribution is 0.0524. The molecule has 0 radical (unpaired) electrons. The Kier molecular flexibility index (Phi) is 4.40. The highest BCUT2D eigenvalue weighted by atomic mass is 16.5. The molecular formula is C16H21N3O2. The van der Waals surface area contributed by atoms with Gasteiger partial charge >= 0.3 is 5.97 Å². The number of nitrogens with zero attached hydrogens (tertiary/aromatic N) is 3. The molecule has 2 aromatic heterocycles. The van der Waals surface area contributed by atoms with E-state index in [0.717, 1.165) is 28.3 Å². The summed E-state index contributed by atoms with van der Waals surface area (Å²) in [7, 11) is 1.92. The van der Waals surface area contributed by atoms with Gasteiger partial charge in [-0.1, -0.05) is 6.92 Å². The van der Waals surface area contributed by atoms with Crippen molar-refractivity contribution in [3.8, 4) is 11.3 Å². The number of pyridine rings is 1. The van der Waals surface area contributed by atoms with Gasteiger partial charge in [-0.25, -0.2) is 4.79 Å². The van der Waals surface area contributed by atoms with Crippen molar-refractivity contribution in [2.75, 3.05) is 6.61 Å². The molecule has 5 heteroatoms. The topological polar surface area (TPSA) is 57.0 Å². The Morgan fingerprint density at radius 1 is 1.29 bits per heavy atom. The third kappa shape index (κ3) is 2.82. The molecule has 2 heterocycles. The van der Waals surface area contributed by atoms with E-state index in [2.05, 4.69) is 10.1 Å². The number of carbonyl (C=O) groups excluding carboxylic acids is 1. The van der Waals surface area contributed by atoms with Gasteiger partial charge in [0.1, 0.15) is 0 Å². The maximum absolute atomic E-state index is 11.9. The summed E-state index contributed by atoms with van der Waals surface area (Å²) < 4.78 is 6.92. The number of hydrogen-bond acceptors (Lipinski definition) is 4. The SMILES string of the molecule is CCOC(=O)c1ccc(-c2c(C)nn(C)c2C)nc1CC. The average molecular weight is 287 g/mol. The Morgan fingerprint density at radius 2 is 2.00 bits per heavy atom. The Labute approximate surface area is 125 Å².